The minimum atomic E-state index is -1.66. The van der Waals surface area contributed by atoms with E-state index in [1.807, 2.05) is 0 Å². The first-order valence-corrected chi connectivity index (χ1v) is 7.40. The largest absolute Gasteiger partial charge is 0.394 e. The number of hydrogen-bond acceptors (Lipinski definition) is 10. The summed E-state index contributed by atoms with van der Waals surface area (Å²) < 4.78 is 15.9. The van der Waals surface area contributed by atoms with E-state index >= 15 is 0 Å². The SMILES string of the molecule is C[C@@H]1O[C@@H](CO)C(OC2OC(CO)C(O)C(O)C2O)C(O)C1O. The Hall–Kier alpha value is -0.400. The van der Waals surface area contributed by atoms with Crippen LogP contribution in [0.2, 0.25) is 0 Å². The monoisotopic (exact) mass is 340 g/mol. The van der Waals surface area contributed by atoms with E-state index in [0.717, 1.165) is 0 Å². The van der Waals surface area contributed by atoms with Crippen molar-refractivity contribution >= 4 is 0 Å². The zero-order valence-corrected chi connectivity index (χ0v) is 12.5. The highest BCUT2D eigenvalue weighted by molar-refractivity contribution is 4.94. The van der Waals surface area contributed by atoms with Crippen LogP contribution in [0.1, 0.15) is 6.92 Å². The topological polar surface area (TPSA) is 169 Å². The fourth-order valence-electron chi connectivity index (χ4n) is 2.78. The molecule has 0 bridgehead atoms. The first-order chi connectivity index (χ1) is 10.8. The van der Waals surface area contributed by atoms with Crippen molar-refractivity contribution in [1.29, 1.82) is 0 Å². The summed E-state index contributed by atoms with van der Waals surface area (Å²) in [5.41, 5.74) is 0. The van der Waals surface area contributed by atoms with Crippen LogP contribution in [0.4, 0.5) is 0 Å². The van der Waals surface area contributed by atoms with E-state index < -0.39 is 74.4 Å². The first-order valence-electron chi connectivity index (χ1n) is 7.40. The number of aliphatic hydroxyl groups excluding tert-OH is 7. The van der Waals surface area contributed by atoms with Crippen molar-refractivity contribution in [3.8, 4) is 0 Å². The minimum Gasteiger partial charge on any atom is -0.394 e. The van der Waals surface area contributed by atoms with Crippen LogP contribution >= 0.6 is 0 Å². The quantitative estimate of drug-likeness (QED) is 0.265. The van der Waals surface area contributed by atoms with E-state index in [0.29, 0.717) is 0 Å². The first kappa shape index (κ1) is 18.9. The molecular weight excluding hydrogens is 316 g/mol. The third-order valence-corrected chi connectivity index (χ3v) is 4.24. The molecule has 2 saturated heterocycles. The van der Waals surface area contributed by atoms with E-state index in [2.05, 4.69) is 0 Å². The molecule has 2 fully saturated rings. The van der Waals surface area contributed by atoms with Gasteiger partial charge in [-0.15, -0.1) is 0 Å². The van der Waals surface area contributed by atoms with Crippen molar-refractivity contribution in [2.75, 3.05) is 13.2 Å². The van der Waals surface area contributed by atoms with E-state index in [-0.39, 0.29) is 0 Å². The molecule has 2 heterocycles. The second-order valence-corrected chi connectivity index (χ2v) is 5.84. The van der Waals surface area contributed by atoms with Crippen LogP contribution in [-0.4, -0.2) is 110 Å². The van der Waals surface area contributed by atoms with Crippen LogP contribution in [0.15, 0.2) is 0 Å². The number of ether oxygens (including phenoxy) is 3. The van der Waals surface area contributed by atoms with Crippen molar-refractivity contribution in [2.24, 2.45) is 0 Å². The lowest BCUT2D eigenvalue weighted by Gasteiger charge is -2.45. The highest BCUT2D eigenvalue weighted by Crippen LogP contribution is 2.28. The molecule has 8 unspecified atom stereocenters. The molecule has 7 N–H and O–H groups in total. The van der Waals surface area contributed by atoms with Crippen molar-refractivity contribution in [3.63, 3.8) is 0 Å². The minimum absolute atomic E-state index is 0.518. The molecule has 0 aliphatic carbocycles. The van der Waals surface area contributed by atoms with Crippen molar-refractivity contribution in [1.82, 2.24) is 0 Å². The predicted molar refractivity (Wildman–Crippen MR) is 72.1 cm³/mol. The van der Waals surface area contributed by atoms with Gasteiger partial charge in [0.2, 0.25) is 0 Å². The molecule has 0 saturated carbocycles. The number of hydrogen-bond donors (Lipinski definition) is 7. The Morgan fingerprint density at radius 1 is 0.739 bits per heavy atom. The Morgan fingerprint density at radius 3 is 1.91 bits per heavy atom. The van der Waals surface area contributed by atoms with E-state index in [4.69, 9.17) is 19.3 Å². The molecule has 23 heavy (non-hydrogen) atoms. The molecule has 0 aromatic heterocycles. The van der Waals surface area contributed by atoms with Gasteiger partial charge in [0.15, 0.2) is 6.29 Å². The van der Waals surface area contributed by atoms with Gasteiger partial charge < -0.3 is 50.0 Å². The molecule has 0 aromatic carbocycles. The van der Waals surface area contributed by atoms with Gasteiger partial charge in [0, 0.05) is 0 Å². The van der Waals surface area contributed by atoms with Crippen LogP contribution in [0.3, 0.4) is 0 Å². The van der Waals surface area contributed by atoms with Gasteiger partial charge in [-0.3, -0.25) is 0 Å². The Bertz CT molecular complexity index is 378. The van der Waals surface area contributed by atoms with Crippen molar-refractivity contribution in [2.45, 2.75) is 68.1 Å². The summed E-state index contributed by atoms with van der Waals surface area (Å²) in [6.07, 6.45) is -13.2. The van der Waals surface area contributed by atoms with Gasteiger partial charge in [-0.25, -0.2) is 0 Å². The molecule has 0 spiro atoms. The predicted octanol–water partition coefficient (Wildman–Crippen LogP) is -4.33. The van der Waals surface area contributed by atoms with Gasteiger partial charge in [0.05, 0.1) is 19.3 Å². The highest BCUT2D eigenvalue weighted by atomic mass is 16.7. The fourth-order valence-corrected chi connectivity index (χ4v) is 2.78. The summed E-state index contributed by atoms with van der Waals surface area (Å²) >= 11 is 0. The third kappa shape index (κ3) is 3.66. The highest BCUT2D eigenvalue weighted by Gasteiger charge is 2.49. The van der Waals surface area contributed by atoms with Crippen LogP contribution in [0.5, 0.6) is 0 Å². The van der Waals surface area contributed by atoms with E-state index in [1.165, 1.54) is 6.92 Å². The number of rotatable bonds is 4. The van der Waals surface area contributed by atoms with Gasteiger partial charge in [0.1, 0.15) is 48.8 Å². The average Bonchev–Trinajstić information content (AvgIpc) is 2.55. The molecule has 10 nitrogen and oxygen atoms in total. The average molecular weight is 340 g/mol. The summed E-state index contributed by atoms with van der Waals surface area (Å²) in [5.74, 6) is 0. The molecule has 2 rings (SSSR count). The molecule has 136 valence electrons. The van der Waals surface area contributed by atoms with Gasteiger partial charge in [-0.2, -0.15) is 0 Å². The van der Waals surface area contributed by atoms with E-state index in [9.17, 15) is 30.6 Å². The molecule has 10 heteroatoms. The maximum Gasteiger partial charge on any atom is 0.187 e. The molecule has 0 aromatic rings. The Kier molecular flexibility index (Phi) is 6.30. The second-order valence-electron chi connectivity index (χ2n) is 5.84. The second kappa shape index (κ2) is 7.66. The zero-order chi connectivity index (χ0) is 17.3. The number of aliphatic hydroxyl groups is 7. The van der Waals surface area contributed by atoms with Gasteiger partial charge in [-0.1, -0.05) is 0 Å². The van der Waals surface area contributed by atoms with Crippen molar-refractivity contribution in [3.05, 3.63) is 0 Å². The molecule has 0 radical (unpaired) electrons. The zero-order valence-electron chi connectivity index (χ0n) is 12.5. The third-order valence-electron chi connectivity index (χ3n) is 4.24. The maximum atomic E-state index is 10.1. The van der Waals surface area contributed by atoms with Gasteiger partial charge in [-0.05, 0) is 6.92 Å². The summed E-state index contributed by atoms with van der Waals surface area (Å²) in [7, 11) is 0. The summed E-state index contributed by atoms with van der Waals surface area (Å²) in [5, 5.41) is 67.8. The fraction of sp³-hybridized carbons (Fsp3) is 1.00. The lowest BCUT2D eigenvalue weighted by Crippen LogP contribution is -2.64. The summed E-state index contributed by atoms with van der Waals surface area (Å²) in [6.45, 7) is 0.369. The molecule has 2 aliphatic heterocycles. The van der Waals surface area contributed by atoms with Crippen LogP contribution < -0.4 is 0 Å². The normalized spacial score (nSPS) is 51.7. The Morgan fingerprint density at radius 2 is 1.35 bits per heavy atom. The summed E-state index contributed by atoms with van der Waals surface area (Å²) in [6, 6.07) is 0. The van der Waals surface area contributed by atoms with Crippen LogP contribution in [-0.2, 0) is 14.2 Å². The van der Waals surface area contributed by atoms with Gasteiger partial charge in [0.25, 0.3) is 0 Å². The lowest BCUT2D eigenvalue weighted by atomic mass is 9.95. The Labute approximate surface area is 132 Å². The maximum absolute atomic E-state index is 10.1. The van der Waals surface area contributed by atoms with Crippen LogP contribution in [0.25, 0.3) is 0 Å². The molecular formula is C13H24O10. The molecule has 0 amide bonds. The standard InChI is InChI=1S/C13H24O10/c1-4-7(16)10(19)12(6(3-15)21-4)23-13-11(20)9(18)8(17)5(2-14)22-13/h4-20H,2-3H2,1H3/t4-,5?,6-,7?,8?,9?,10?,11?,12?,13?/m0/s1. The summed E-state index contributed by atoms with van der Waals surface area (Å²) in [4.78, 5) is 0. The van der Waals surface area contributed by atoms with E-state index in [1.54, 1.807) is 0 Å². The van der Waals surface area contributed by atoms with Crippen molar-refractivity contribution < 1.29 is 50.0 Å². The molecule has 10 atom stereocenters. The smallest absolute Gasteiger partial charge is 0.187 e. The lowest BCUT2D eigenvalue weighted by molar-refractivity contribution is -0.341. The van der Waals surface area contributed by atoms with Gasteiger partial charge >= 0.3 is 0 Å². The Balaban J connectivity index is 2.11. The van der Waals surface area contributed by atoms with Crippen LogP contribution in [0, 0.1) is 0 Å². The molecule has 2 aliphatic rings.